The van der Waals surface area contributed by atoms with E-state index in [1.165, 1.54) is 38.5 Å². The molecular weight excluding hydrogens is 526 g/mol. The minimum absolute atomic E-state index is 0.0530. The van der Waals surface area contributed by atoms with Crippen molar-refractivity contribution in [3.63, 3.8) is 0 Å². The standard InChI is InChI=1S/C34H61N3O3Si/c1-23(2)12-11-13-24(3)28-14-15-29-27(20-36-37-35)30(16-17-33(28,29)7)34(8)19-25(21-38)31(39)18-26(34)22-40-41(9,10)32(4,5)6/h21,23-24,26-30,38H,11-20,22H2,1-10H3/b25-21-/t24-,26-,27+,28-,29+,30+,33-,34+/m1/s1. The molecule has 6 nitrogen and oxygen atoms in total. The van der Waals surface area contributed by atoms with E-state index in [9.17, 15) is 15.4 Å². The minimum Gasteiger partial charge on any atom is -0.515 e. The van der Waals surface area contributed by atoms with Crippen LogP contribution in [0.4, 0.5) is 0 Å². The number of fused-ring (bicyclic) bond motifs is 1. The molecule has 234 valence electrons. The first kappa shape index (κ1) is 34.2. The molecule has 0 unspecified atom stereocenters. The van der Waals surface area contributed by atoms with E-state index in [0.29, 0.717) is 55.2 Å². The van der Waals surface area contributed by atoms with Gasteiger partial charge in [0.2, 0.25) is 0 Å². The number of carbonyl (C=O) groups is 1. The molecule has 3 rings (SSSR count). The lowest BCUT2D eigenvalue weighted by Gasteiger charge is -2.57. The number of aliphatic hydroxyl groups is 1. The van der Waals surface area contributed by atoms with Crippen LogP contribution in [0.5, 0.6) is 0 Å². The second-order valence-electron chi connectivity index (χ2n) is 16.6. The zero-order valence-corrected chi connectivity index (χ0v) is 29.0. The zero-order chi connectivity index (χ0) is 30.8. The van der Waals surface area contributed by atoms with Gasteiger partial charge in [-0.1, -0.05) is 79.8 Å². The van der Waals surface area contributed by atoms with Gasteiger partial charge in [0, 0.05) is 30.1 Å². The Morgan fingerprint density at radius 1 is 1.12 bits per heavy atom. The van der Waals surface area contributed by atoms with Crippen molar-refractivity contribution in [2.45, 2.75) is 131 Å². The van der Waals surface area contributed by atoms with Crippen LogP contribution in [0.1, 0.15) is 113 Å². The molecule has 3 saturated carbocycles. The number of Topliss-reactive ketones (excluding diaryl/α,β-unsaturated/α-hetero) is 1. The lowest BCUT2D eigenvalue weighted by atomic mass is 9.48. The van der Waals surface area contributed by atoms with Crippen molar-refractivity contribution in [2.24, 2.45) is 57.4 Å². The van der Waals surface area contributed by atoms with E-state index in [1.807, 2.05) is 0 Å². The van der Waals surface area contributed by atoms with Crippen LogP contribution >= 0.6 is 0 Å². The van der Waals surface area contributed by atoms with Crippen molar-refractivity contribution in [3.05, 3.63) is 22.3 Å². The quantitative estimate of drug-likeness (QED) is 0.0650. The molecule has 0 radical (unpaired) electrons. The van der Waals surface area contributed by atoms with Gasteiger partial charge in [-0.05, 0) is 108 Å². The molecular formula is C34H61N3O3Si. The van der Waals surface area contributed by atoms with Crippen molar-refractivity contribution in [1.82, 2.24) is 0 Å². The third kappa shape index (κ3) is 7.10. The Labute approximate surface area is 252 Å². The maximum Gasteiger partial charge on any atom is 0.191 e. The SMILES string of the molecule is CC(C)CCC[C@@H](C)[C@H]1CC[C@H]2[C@H](CN=[N+]=[N-])[C@@H]([C@@]3(C)C/C(=C/O)C(=O)C[C@@H]3CO[Si](C)(C)C(C)(C)C)CC[C@]12C. The third-order valence-corrected chi connectivity index (χ3v) is 17.2. The molecule has 0 heterocycles. The van der Waals surface area contributed by atoms with E-state index in [0.717, 1.165) is 18.6 Å². The number of aliphatic hydroxyl groups excluding tert-OH is 1. The molecule has 0 spiro atoms. The van der Waals surface area contributed by atoms with Gasteiger partial charge in [0.1, 0.15) is 0 Å². The van der Waals surface area contributed by atoms with E-state index >= 15 is 0 Å². The van der Waals surface area contributed by atoms with Crippen molar-refractivity contribution in [2.75, 3.05) is 13.2 Å². The first-order chi connectivity index (χ1) is 19.0. The van der Waals surface area contributed by atoms with E-state index in [4.69, 9.17) is 4.43 Å². The summed E-state index contributed by atoms with van der Waals surface area (Å²) < 4.78 is 6.79. The molecule has 0 aliphatic heterocycles. The monoisotopic (exact) mass is 587 g/mol. The van der Waals surface area contributed by atoms with Crippen molar-refractivity contribution >= 4 is 14.1 Å². The van der Waals surface area contributed by atoms with Crippen molar-refractivity contribution in [1.29, 1.82) is 0 Å². The second-order valence-corrected chi connectivity index (χ2v) is 21.4. The summed E-state index contributed by atoms with van der Waals surface area (Å²) >= 11 is 0. The first-order valence-electron chi connectivity index (χ1n) is 16.5. The van der Waals surface area contributed by atoms with Gasteiger partial charge in [-0.3, -0.25) is 4.79 Å². The second kappa shape index (κ2) is 13.1. The molecule has 0 aromatic carbocycles. The Morgan fingerprint density at radius 3 is 2.37 bits per heavy atom. The van der Waals surface area contributed by atoms with E-state index in [-0.39, 0.29) is 33.5 Å². The van der Waals surface area contributed by atoms with Crippen LogP contribution in [0, 0.1) is 52.3 Å². The highest BCUT2D eigenvalue weighted by molar-refractivity contribution is 6.74. The lowest BCUT2D eigenvalue weighted by Crippen LogP contribution is -2.53. The number of azide groups is 1. The molecule has 0 saturated heterocycles. The van der Waals surface area contributed by atoms with Crippen LogP contribution in [0.15, 0.2) is 16.9 Å². The minimum atomic E-state index is -2.00. The van der Waals surface area contributed by atoms with Gasteiger partial charge in [0.05, 0.1) is 6.26 Å². The Hall–Kier alpha value is -1.30. The zero-order valence-electron chi connectivity index (χ0n) is 28.0. The first-order valence-corrected chi connectivity index (χ1v) is 19.4. The molecule has 3 aliphatic carbocycles. The molecule has 41 heavy (non-hydrogen) atoms. The molecule has 1 N–H and O–H groups in total. The Bertz CT molecular complexity index is 998. The average Bonchev–Trinajstić information content (AvgIpc) is 3.23. The molecule has 7 heteroatoms. The summed E-state index contributed by atoms with van der Waals surface area (Å²) in [5, 5.41) is 14.4. The summed E-state index contributed by atoms with van der Waals surface area (Å²) in [6.45, 7) is 24.5. The number of hydrogen-bond acceptors (Lipinski definition) is 4. The molecule has 8 atom stereocenters. The summed E-state index contributed by atoms with van der Waals surface area (Å²) in [6, 6.07) is 0. The number of carbonyl (C=O) groups excluding carboxylic acids is 1. The van der Waals surface area contributed by atoms with E-state index in [1.54, 1.807) is 0 Å². The fraction of sp³-hybridized carbons (Fsp3) is 0.912. The number of rotatable bonds is 11. The van der Waals surface area contributed by atoms with Crippen LogP contribution in [-0.4, -0.2) is 32.4 Å². The normalized spacial score (nSPS) is 36.3. The van der Waals surface area contributed by atoms with Gasteiger partial charge in [-0.25, -0.2) is 0 Å². The average molecular weight is 588 g/mol. The summed E-state index contributed by atoms with van der Waals surface area (Å²) in [5.41, 5.74) is 10.0. The number of nitrogens with zero attached hydrogens (tertiary/aromatic N) is 3. The molecule has 0 aromatic heterocycles. The van der Waals surface area contributed by atoms with Gasteiger partial charge in [0.25, 0.3) is 0 Å². The Kier molecular flexibility index (Phi) is 11.0. The largest absolute Gasteiger partial charge is 0.515 e. The predicted molar refractivity (Wildman–Crippen MR) is 172 cm³/mol. The summed E-state index contributed by atoms with van der Waals surface area (Å²) in [5.74, 6) is 3.43. The van der Waals surface area contributed by atoms with Gasteiger partial charge in [-0.2, -0.15) is 0 Å². The number of ketones is 1. The molecule has 3 aliphatic rings. The Morgan fingerprint density at radius 2 is 1.78 bits per heavy atom. The lowest BCUT2D eigenvalue weighted by molar-refractivity contribution is -0.126. The van der Waals surface area contributed by atoms with Gasteiger partial charge in [-0.15, -0.1) is 0 Å². The number of hydrogen-bond donors (Lipinski definition) is 1. The molecule has 0 aromatic rings. The summed E-state index contributed by atoms with van der Waals surface area (Å²) in [6.07, 6.45) is 10.7. The molecule has 0 amide bonds. The molecule has 0 bridgehead atoms. The highest BCUT2D eigenvalue weighted by atomic mass is 28.4. The fourth-order valence-corrected chi connectivity index (χ4v) is 10.1. The van der Waals surface area contributed by atoms with Gasteiger partial charge >= 0.3 is 0 Å². The van der Waals surface area contributed by atoms with Crippen LogP contribution in [0.3, 0.4) is 0 Å². The number of allylic oxidation sites excluding steroid dienone is 1. The van der Waals surface area contributed by atoms with E-state index < -0.39 is 8.32 Å². The third-order valence-electron chi connectivity index (χ3n) is 12.7. The highest BCUT2D eigenvalue weighted by Gasteiger charge is 2.59. The van der Waals surface area contributed by atoms with Crippen molar-refractivity contribution < 1.29 is 14.3 Å². The maximum atomic E-state index is 13.1. The van der Waals surface area contributed by atoms with Crippen LogP contribution in [0.25, 0.3) is 10.4 Å². The fourth-order valence-electron chi connectivity index (χ4n) is 9.08. The van der Waals surface area contributed by atoms with Gasteiger partial charge < -0.3 is 9.53 Å². The van der Waals surface area contributed by atoms with E-state index in [2.05, 4.69) is 78.5 Å². The predicted octanol–water partition coefficient (Wildman–Crippen LogP) is 10.3. The van der Waals surface area contributed by atoms with Crippen LogP contribution in [-0.2, 0) is 9.22 Å². The van der Waals surface area contributed by atoms with Crippen LogP contribution in [0.2, 0.25) is 18.1 Å². The smallest absolute Gasteiger partial charge is 0.191 e. The maximum absolute atomic E-state index is 13.1. The molecule has 3 fully saturated rings. The summed E-state index contributed by atoms with van der Waals surface area (Å²) in [7, 11) is -2.00. The topological polar surface area (TPSA) is 95.3 Å². The Balaban J connectivity index is 1.93. The van der Waals surface area contributed by atoms with Crippen LogP contribution < -0.4 is 0 Å². The highest BCUT2D eigenvalue weighted by Crippen LogP contribution is 2.65. The summed E-state index contributed by atoms with van der Waals surface area (Å²) in [4.78, 5) is 16.4. The van der Waals surface area contributed by atoms with Gasteiger partial charge in [0.15, 0.2) is 14.1 Å². The van der Waals surface area contributed by atoms with Crippen molar-refractivity contribution in [3.8, 4) is 0 Å².